The third-order valence-electron chi connectivity index (χ3n) is 3.49. The molecule has 20 heavy (non-hydrogen) atoms. The first kappa shape index (κ1) is 15.0. The lowest BCUT2D eigenvalue weighted by Crippen LogP contribution is -2.42. The number of piperidine rings is 1. The topological polar surface area (TPSA) is 53.1 Å². The Kier molecular flexibility index (Phi) is 4.13. The van der Waals surface area contributed by atoms with E-state index in [1.807, 2.05) is 0 Å². The molecule has 0 aromatic heterocycles. The van der Waals surface area contributed by atoms with Gasteiger partial charge in [0.1, 0.15) is 5.84 Å². The molecule has 0 spiro atoms. The Labute approximate surface area is 120 Å². The summed E-state index contributed by atoms with van der Waals surface area (Å²) >= 11 is 6.00. The summed E-state index contributed by atoms with van der Waals surface area (Å²) < 4.78 is 38.5. The highest BCUT2D eigenvalue weighted by atomic mass is 35.5. The van der Waals surface area contributed by atoms with Gasteiger partial charge in [-0.2, -0.15) is 13.2 Å². The number of rotatable bonds is 2. The van der Waals surface area contributed by atoms with Crippen LogP contribution in [0, 0.1) is 11.3 Å². The van der Waals surface area contributed by atoms with Crippen molar-refractivity contribution in [2.24, 2.45) is 11.7 Å². The maximum absolute atomic E-state index is 12.8. The van der Waals surface area contributed by atoms with Crippen LogP contribution in [0.4, 0.5) is 18.9 Å². The monoisotopic (exact) mass is 305 g/mol. The number of hydrogen-bond acceptors (Lipinski definition) is 2. The molecule has 1 aliphatic heterocycles. The van der Waals surface area contributed by atoms with Crippen molar-refractivity contribution in [1.29, 1.82) is 5.41 Å². The predicted molar refractivity (Wildman–Crippen MR) is 73.5 cm³/mol. The van der Waals surface area contributed by atoms with E-state index in [0.29, 0.717) is 24.2 Å². The van der Waals surface area contributed by atoms with E-state index < -0.39 is 12.1 Å². The molecule has 1 aliphatic rings. The van der Waals surface area contributed by atoms with E-state index in [1.165, 1.54) is 0 Å². The Morgan fingerprint density at radius 3 is 2.70 bits per heavy atom. The molecule has 3 N–H and O–H groups in total. The van der Waals surface area contributed by atoms with Gasteiger partial charge in [0.2, 0.25) is 0 Å². The average Bonchev–Trinajstić information content (AvgIpc) is 2.37. The number of alkyl halides is 3. The van der Waals surface area contributed by atoms with Crippen molar-refractivity contribution < 1.29 is 13.2 Å². The van der Waals surface area contributed by atoms with Gasteiger partial charge in [-0.1, -0.05) is 17.7 Å². The van der Waals surface area contributed by atoms with Crippen molar-refractivity contribution in [1.82, 2.24) is 0 Å². The van der Waals surface area contributed by atoms with Crippen LogP contribution in [0.15, 0.2) is 18.2 Å². The summed E-state index contributed by atoms with van der Waals surface area (Å²) in [7, 11) is 0. The molecule has 0 bridgehead atoms. The third kappa shape index (κ3) is 3.00. The van der Waals surface area contributed by atoms with Crippen molar-refractivity contribution in [2.45, 2.75) is 19.0 Å². The second kappa shape index (κ2) is 5.52. The molecule has 1 aromatic rings. The van der Waals surface area contributed by atoms with Crippen LogP contribution in [0.5, 0.6) is 0 Å². The van der Waals surface area contributed by atoms with Gasteiger partial charge in [0, 0.05) is 18.8 Å². The Morgan fingerprint density at radius 2 is 2.10 bits per heavy atom. The molecule has 1 unspecified atom stereocenters. The van der Waals surface area contributed by atoms with E-state index in [2.05, 4.69) is 0 Å². The van der Waals surface area contributed by atoms with Gasteiger partial charge in [-0.3, -0.25) is 5.41 Å². The van der Waals surface area contributed by atoms with Crippen LogP contribution in [-0.2, 0) is 0 Å². The SMILES string of the molecule is N=C(N)c1c(Cl)cccc1N1CCCC(C(F)(F)F)C1. The maximum Gasteiger partial charge on any atom is 0.393 e. The Bertz CT molecular complexity index is 516. The van der Waals surface area contributed by atoms with E-state index in [9.17, 15) is 13.2 Å². The van der Waals surface area contributed by atoms with E-state index in [4.69, 9.17) is 22.7 Å². The number of nitrogen functional groups attached to an aromatic ring is 1. The second-order valence-electron chi connectivity index (χ2n) is 4.87. The standard InChI is InChI=1S/C13H15ClF3N3/c14-9-4-1-5-10(11(9)12(18)19)20-6-2-3-8(7-20)13(15,16)17/h1,4-5,8H,2-3,6-7H2,(H3,18,19). The van der Waals surface area contributed by atoms with Crippen molar-refractivity contribution in [3.8, 4) is 0 Å². The summed E-state index contributed by atoms with van der Waals surface area (Å²) in [5.41, 5.74) is 6.29. The van der Waals surface area contributed by atoms with Crippen LogP contribution in [0.2, 0.25) is 5.02 Å². The van der Waals surface area contributed by atoms with Crippen molar-refractivity contribution >= 4 is 23.1 Å². The summed E-state index contributed by atoms with van der Waals surface area (Å²) in [5.74, 6) is -1.59. The van der Waals surface area contributed by atoms with E-state index in [-0.39, 0.29) is 23.8 Å². The summed E-state index contributed by atoms with van der Waals surface area (Å²) in [6.45, 7) is 0.386. The Hall–Kier alpha value is -1.43. The number of anilines is 1. The maximum atomic E-state index is 12.8. The number of amidine groups is 1. The van der Waals surface area contributed by atoms with Crippen molar-refractivity contribution in [3.05, 3.63) is 28.8 Å². The normalized spacial score (nSPS) is 20.0. The molecule has 0 saturated carbocycles. The van der Waals surface area contributed by atoms with Gasteiger partial charge in [0.05, 0.1) is 16.5 Å². The summed E-state index contributed by atoms with van der Waals surface area (Å²) in [5, 5.41) is 7.83. The highest BCUT2D eigenvalue weighted by Crippen LogP contribution is 2.36. The minimum absolute atomic E-state index is 0.121. The molecule has 1 atom stereocenters. The van der Waals surface area contributed by atoms with Crippen molar-refractivity contribution in [2.75, 3.05) is 18.0 Å². The number of nitrogens with zero attached hydrogens (tertiary/aromatic N) is 1. The fourth-order valence-electron chi connectivity index (χ4n) is 2.51. The largest absolute Gasteiger partial charge is 0.393 e. The predicted octanol–water partition coefficient (Wildman–Crippen LogP) is 3.40. The summed E-state index contributed by atoms with van der Waals surface area (Å²) in [6, 6.07) is 4.88. The Morgan fingerprint density at radius 1 is 1.40 bits per heavy atom. The van der Waals surface area contributed by atoms with E-state index in [1.54, 1.807) is 23.1 Å². The first-order valence-electron chi connectivity index (χ1n) is 6.25. The number of nitrogens with two attached hydrogens (primary N) is 1. The van der Waals surface area contributed by atoms with Crippen LogP contribution < -0.4 is 10.6 Å². The van der Waals surface area contributed by atoms with Gasteiger partial charge < -0.3 is 10.6 Å². The highest BCUT2D eigenvalue weighted by Gasteiger charge is 2.42. The van der Waals surface area contributed by atoms with Crippen molar-refractivity contribution in [3.63, 3.8) is 0 Å². The lowest BCUT2D eigenvalue weighted by Gasteiger charge is -2.36. The highest BCUT2D eigenvalue weighted by molar-refractivity contribution is 6.34. The lowest BCUT2D eigenvalue weighted by atomic mass is 9.96. The smallest absolute Gasteiger partial charge is 0.384 e. The first-order chi connectivity index (χ1) is 9.30. The molecule has 0 radical (unpaired) electrons. The Balaban J connectivity index is 2.32. The summed E-state index contributed by atoms with van der Waals surface area (Å²) in [6.07, 6.45) is -3.61. The molecule has 2 rings (SSSR count). The van der Waals surface area contributed by atoms with Gasteiger partial charge in [0.15, 0.2) is 0 Å². The molecule has 1 saturated heterocycles. The zero-order valence-corrected chi connectivity index (χ0v) is 11.4. The molecule has 7 heteroatoms. The summed E-state index contributed by atoms with van der Waals surface area (Å²) in [4.78, 5) is 1.62. The number of nitrogens with one attached hydrogen (secondary N) is 1. The van der Waals surface area contributed by atoms with E-state index in [0.717, 1.165) is 0 Å². The van der Waals surface area contributed by atoms with Gasteiger partial charge in [0.25, 0.3) is 0 Å². The first-order valence-corrected chi connectivity index (χ1v) is 6.63. The molecule has 1 fully saturated rings. The number of benzene rings is 1. The van der Waals surface area contributed by atoms with Gasteiger partial charge >= 0.3 is 6.18 Å². The average molecular weight is 306 g/mol. The minimum Gasteiger partial charge on any atom is -0.384 e. The molecule has 110 valence electrons. The van der Waals surface area contributed by atoms with Crippen LogP contribution >= 0.6 is 11.6 Å². The van der Waals surface area contributed by atoms with Gasteiger partial charge in [-0.05, 0) is 25.0 Å². The van der Waals surface area contributed by atoms with Crippen LogP contribution in [-0.4, -0.2) is 25.1 Å². The molecular weight excluding hydrogens is 291 g/mol. The number of halogens is 4. The molecule has 3 nitrogen and oxygen atoms in total. The van der Waals surface area contributed by atoms with Crippen LogP contribution in [0.25, 0.3) is 0 Å². The number of hydrogen-bond donors (Lipinski definition) is 2. The quantitative estimate of drug-likeness (QED) is 0.650. The minimum atomic E-state index is -4.20. The van der Waals surface area contributed by atoms with Crippen LogP contribution in [0.3, 0.4) is 0 Å². The van der Waals surface area contributed by atoms with Gasteiger partial charge in [-0.15, -0.1) is 0 Å². The fourth-order valence-corrected chi connectivity index (χ4v) is 2.78. The lowest BCUT2D eigenvalue weighted by molar-refractivity contribution is -0.175. The van der Waals surface area contributed by atoms with Crippen LogP contribution in [0.1, 0.15) is 18.4 Å². The fraction of sp³-hybridized carbons (Fsp3) is 0.462. The molecule has 0 amide bonds. The molecule has 1 heterocycles. The molecule has 0 aliphatic carbocycles. The zero-order chi connectivity index (χ0) is 14.9. The van der Waals surface area contributed by atoms with Gasteiger partial charge in [-0.25, -0.2) is 0 Å². The van der Waals surface area contributed by atoms with E-state index >= 15 is 0 Å². The third-order valence-corrected chi connectivity index (χ3v) is 3.80. The molecule has 1 aromatic carbocycles. The zero-order valence-electron chi connectivity index (χ0n) is 10.7. The molecular formula is C13H15ClF3N3. The second-order valence-corrected chi connectivity index (χ2v) is 5.28.